The fraction of sp³-hybridized carbons (Fsp3) is 0.900. The summed E-state index contributed by atoms with van der Waals surface area (Å²) in [6, 6.07) is 0. The van der Waals surface area contributed by atoms with Crippen LogP contribution in [0.3, 0.4) is 0 Å². The topological polar surface area (TPSA) is 49.8 Å². The van der Waals surface area contributed by atoms with E-state index in [2.05, 4.69) is 0 Å². The lowest BCUT2D eigenvalue weighted by molar-refractivity contribution is -0.230. The Labute approximate surface area is 97.3 Å². The molecule has 1 saturated heterocycles. The summed E-state index contributed by atoms with van der Waals surface area (Å²) in [4.78, 5) is 12.5. The molecule has 100 valence electrons. The molecule has 0 unspecified atom stereocenters. The highest BCUT2D eigenvalue weighted by molar-refractivity contribution is 5.69. The molecule has 1 aliphatic rings. The van der Waals surface area contributed by atoms with Crippen LogP contribution in [0.4, 0.5) is 18.0 Å². The van der Waals surface area contributed by atoms with Crippen LogP contribution in [0.1, 0.15) is 20.8 Å². The molecule has 1 aliphatic heterocycles. The zero-order chi connectivity index (χ0) is 13.4. The molecule has 1 N–H and O–H groups in total. The van der Waals surface area contributed by atoms with Gasteiger partial charge in [-0.15, -0.1) is 0 Å². The van der Waals surface area contributed by atoms with Crippen LogP contribution in [0.25, 0.3) is 0 Å². The predicted octanol–water partition coefficient (Wildman–Crippen LogP) is 1.78. The van der Waals surface area contributed by atoms with Crippen molar-refractivity contribution < 1.29 is 27.8 Å². The minimum absolute atomic E-state index is 0.129. The van der Waals surface area contributed by atoms with E-state index >= 15 is 0 Å². The molecule has 1 atom stereocenters. The Morgan fingerprint density at radius 1 is 1.35 bits per heavy atom. The summed E-state index contributed by atoms with van der Waals surface area (Å²) in [6.07, 6.45) is -7.66. The Kier molecular flexibility index (Phi) is 3.61. The molecule has 0 spiro atoms. The minimum atomic E-state index is -4.63. The van der Waals surface area contributed by atoms with Crippen LogP contribution >= 0.6 is 0 Å². The maximum Gasteiger partial charge on any atom is 0.414 e. The fourth-order valence-corrected chi connectivity index (χ4v) is 1.46. The van der Waals surface area contributed by atoms with Gasteiger partial charge in [0.25, 0.3) is 0 Å². The molecule has 0 aromatic carbocycles. The van der Waals surface area contributed by atoms with Crippen LogP contribution in [0.5, 0.6) is 0 Å². The van der Waals surface area contributed by atoms with Crippen LogP contribution in [0.2, 0.25) is 0 Å². The van der Waals surface area contributed by atoms with Gasteiger partial charge in [-0.2, -0.15) is 13.2 Å². The molecule has 0 aliphatic carbocycles. The first-order chi connectivity index (χ1) is 7.50. The first-order valence-corrected chi connectivity index (χ1v) is 5.23. The maximum absolute atomic E-state index is 12.1. The van der Waals surface area contributed by atoms with E-state index in [1.54, 1.807) is 20.8 Å². The number of alkyl halides is 3. The van der Waals surface area contributed by atoms with Crippen molar-refractivity contribution in [3.05, 3.63) is 0 Å². The summed E-state index contributed by atoms with van der Waals surface area (Å²) >= 11 is 0. The molecule has 1 heterocycles. The van der Waals surface area contributed by atoms with Crippen molar-refractivity contribution in [3.63, 3.8) is 0 Å². The predicted molar refractivity (Wildman–Crippen MR) is 53.4 cm³/mol. The summed E-state index contributed by atoms with van der Waals surface area (Å²) in [5.74, 6) is -0.956. The van der Waals surface area contributed by atoms with Gasteiger partial charge < -0.3 is 14.7 Å². The largest absolute Gasteiger partial charge is 0.444 e. The average molecular weight is 255 g/mol. The molecule has 0 radical (unpaired) electrons. The highest BCUT2D eigenvalue weighted by Crippen LogP contribution is 2.31. The van der Waals surface area contributed by atoms with E-state index in [1.807, 2.05) is 0 Å². The van der Waals surface area contributed by atoms with E-state index in [1.165, 1.54) is 0 Å². The molecule has 1 rings (SSSR count). The molecule has 1 amide bonds. The lowest BCUT2D eigenvalue weighted by atomic mass is 9.94. The van der Waals surface area contributed by atoms with Gasteiger partial charge in [0.1, 0.15) is 5.60 Å². The Morgan fingerprint density at radius 3 is 2.18 bits per heavy atom. The van der Waals surface area contributed by atoms with Crippen molar-refractivity contribution in [2.45, 2.75) is 38.7 Å². The number of hydrogen-bond acceptors (Lipinski definition) is 3. The van der Waals surface area contributed by atoms with Gasteiger partial charge in [0.05, 0.1) is 0 Å². The molecule has 0 aromatic heterocycles. The molecule has 1 fully saturated rings. The van der Waals surface area contributed by atoms with Gasteiger partial charge in [0.2, 0.25) is 0 Å². The van der Waals surface area contributed by atoms with Gasteiger partial charge in [-0.3, -0.25) is 0 Å². The van der Waals surface area contributed by atoms with E-state index < -0.39 is 29.9 Å². The number of amides is 1. The zero-order valence-electron chi connectivity index (χ0n) is 9.91. The number of aliphatic hydroxyl groups is 1. The highest BCUT2D eigenvalue weighted by atomic mass is 19.4. The van der Waals surface area contributed by atoms with Gasteiger partial charge in [0, 0.05) is 19.0 Å². The number of aliphatic hydroxyl groups excluding tert-OH is 1. The van der Waals surface area contributed by atoms with Gasteiger partial charge in [-0.1, -0.05) is 0 Å². The third kappa shape index (κ3) is 3.76. The maximum atomic E-state index is 12.1. The van der Waals surface area contributed by atoms with Crippen molar-refractivity contribution in [1.29, 1.82) is 0 Å². The third-order valence-corrected chi connectivity index (χ3v) is 2.34. The smallest absolute Gasteiger partial charge is 0.414 e. The molecule has 4 nitrogen and oxygen atoms in total. The molecular formula is C10H16F3NO3. The third-order valence-electron chi connectivity index (χ3n) is 2.34. The first kappa shape index (κ1) is 14.1. The number of ether oxygens (including phenoxy) is 1. The monoisotopic (exact) mass is 255 g/mol. The second-order valence-electron chi connectivity index (χ2n) is 5.13. The van der Waals surface area contributed by atoms with E-state index in [0.29, 0.717) is 0 Å². The lowest BCUT2D eigenvalue weighted by Gasteiger charge is -2.42. The van der Waals surface area contributed by atoms with Crippen molar-refractivity contribution in [3.8, 4) is 0 Å². The number of likely N-dealkylation sites (tertiary alicyclic amines) is 1. The molecule has 7 heteroatoms. The SMILES string of the molecule is CC(C)(C)OC(=O)N1CC([C@H](O)C(F)(F)F)C1. The van der Waals surface area contributed by atoms with E-state index in [0.717, 1.165) is 4.90 Å². The summed E-state index contributed by atoms with van der Waals surface area (Å²) in [5.41, 5.74) is -0.676. The summed E-state index contributed by atoms with van der Waals surface area (Å²) in [6.45, 7) is 4.76. The van der Waals surface area contributed by atoms with Crippen molar-refractivity contribution in [2.24, 2.45) is 5.92 Å². The number of halogens is 3. The molecule has 17 heavy (non-hydrogen) atoms. The Bertz CT molecular complexity index is 292. The number of hydrogen-bond donors (Lipinski definition) is 1. The fourth-order valence-electron chi connectivity index (χ4n) is 1.46. The van der Waals surface area contributed by atoms with E-state index in [9.17, 15) is 18.0 Å². The van der Waals surface area contributed by atoms with Crippen molar-refractivity contribution in [1.82, 2.24) is 4.90 Å². The van der Waals surface area contributed by atoms with Gasteiger partial charge >= 0.3 is 12.3 Å². The summed E-state index contributed by atoms with van der Waals surface area (Å²) in [7, 11) is 0. The quantitative estimate of drug-likeness (QED) is 0.777. The van der Waals surface area contributed by atoms with Crippen LogP contribution in [-0.2, 0) is 4.74 Å². The molecule has 0 aromatic rings. The van der Waals surface area contributed by atoms with Crippen LogP contribution < -0.4 is 0 Å². The Hall–Kier alpha value is -0.980. The standard InChI is InChI=1S/C10H16F3NO3/c1-9(2,3)17-8(16)14-4-6(5-14)7(15)10(11,12)13/h6-7,15H,4-5H2,1-3H3/t7-/m0/s1. The summed E-state index contributed by atoms with van der Waals surface area (Å²) < 4.78 is 41.4. The van der Waals surface area contributed by atoms with Crippen molar-refractivity contribution in [2.75, 3.05) is 13.1 Å². The first-order valence-electron chi connectivity index (χ1n) is 5.23. The highest BCUT2D eigenvalue weighted by Gasteiger charge is 2.49. The number of carbonyl (C=O) groups excluding carboxylic acids is 1. The minimum Gasteiger partial charge on any atom is -0.444 e. The van der Waals surface area contributed by atoms with E-state index in [4.69, 9.17) is 9.84 Å². The average Bonchev–Trinajstić information content (AvgIpc) is 1.94. The van der Waals surface area contributed by atoms with Gasteiger partial charge in [-0.05, 0) is 20.8 Å². The number of nitrogens with zero attached hydrogens (tertiary/aromatic N) is 1. The second-order valence-corrected chi connectivity index (χ2v) is 5.13. The molecular weight excluding hydrogens is 239 g/mol. The number of carbonyl (C=O) groups is 1. The van der Waals surface area contributed by atoms with Gasteiger partial charge in [-0.25, -0.2) is 4.79 Å². The molecule has 0 bridgehead atoms. The second kappa shape index (κ2) is 4.36. The Balaban J connectivity index is 2.40. The number of rotatable bonds is 1. The van der Waals surface area contributed by atoms with Crippen molar-refractivity contribution >= 4 is 6.09 Å². The molecule has 0 saturated carbocycles. The van der Waals surface area contributed by atoms with E-state index in [-0.39, 0.29) is 13.1 Å². The van der Waals surface area contributed by atoms with Gasteiger partial charge in [0.15, 0.2) is 6.10 Å². The normalized spacial score (nSPS) is 19.8. The zero-order valence-corrected chi connectivity index (χ0v) is 9.91. The Morgan fingerprint density at radius 2 is 1.82 bits per heavy atom. The van der Waals surface area contributed by atoms with Crippen LogP contribution in [-0.4, -0.2) is 47.1 Å². The van der Waals surface area contributed by atoms with Crippen LogP contribution in [0, 0.1) is 5.92 Å². The lowest BCUT2D eigenvalue weighted by Crippen LogP contribution is -2.58. The summed E-state index contributed by atoms with van der Waals surface area (Å²) in [5, 5.41) is 8.93. The van der Waals surface area contributed by atoms with Crippen LogP contribution in [0.15, 0.2) is 0 Å².